The molecular formula is C19H24N2O2. The van der Waals surface area contributed by atoms with Gasteiger partial charge in [0, 0.05) is 11.6 Å². The van der Waals surface area contributed by atoms with Gasteiger partial charge in [0.05, 0.1) is 12.1 Å². The summed E-state index contributed by atoms with van der Waals surface area (Å²) in [5.41, 5.74) is 1.61. The van der Waals surface area contributed by atoms with Crippen LogP contribution in [0, 0.1) is 11.8 Å². The maximum Gasteiger partial charge on any atom is 0.226 e. The molecule has 1 heterocycles. The Hall–Kier alpha value is -2.10. The molecule has 1 aromatic heterocycles. The van der Waals surface area contributed by atoms with Crippen LogP contribution in [0.4, 0.5) is 0 Å². The van der Waals surface area contributed by atoms with E-state index in [0.717, 1.165) is 12.0 Å². The van der Waals surface area contributed by atoms with Crippen LogP contribution < -0.4 is 5.32 Å². The quantitative estimate of drug-likeness (QED) is 0.913. The smallest absolute Gasteiger partial charge is 0.226 e. The van der Waals surface area contributed by atoms with E-state index in [-0.39, 0.29) is 12.3 Å². The average molecular weight is 312 g/mol. The maximum absolute atomic E-state index is 12.3. The standard InChI is InChI=1S/C19H24N2O2/c1-13(2)16-9-6-10-17(16)21-18(22)11-15-12-23-19(20-15)14-7-4-3-5-8-14/h3-5,7-8,12-13,16-17H,6,9-11H2,1-2H3,(H,21,22). The maximum atomic E-state index is 12.3. The van der Waals surface area contributed by atoms with Gasteiger partial charge in [0.15, 0.2) is 0 Å². The Bertz CT molecular complexity index is 648. The summed E-state index contributed by atoms with van der Waals surface area (Å²) in [5.74, 6) is 1.81. The molecule has 0 aliphatic heterocycles. The van der Waals surface area contributed by atoms with Gasteiger partial charge in [-0.1, -0.05) is 38.5 Å². The summed E-state index contributed by atoms with van der Waals surface area (Å²) in [6.07, 6.45) is 5.36. The fourth-order valence-electron chi connectivity index (χ4n) is 3.49. The van der Waals surface area contributed by atoms with Crippen molar-refractivity contribution < 1.29 is 9.21 Å². The summed E-state index contributed by atoms with van der Waals surface area (Å²) in [6.45, 7) is 4.47. The molecule has 2 unspecified atom stereocenters. The highest BCUT2D eigenvalue weighted by molar-refractivity contribution is 5.78. The van der Waals surface area contributed by atoms with Crippen LogP contribution in [0.25, 0.3) is 11.5 Å². The number of nitrogens with one attached hydrogen (secondary N) is 1. The molecule has 0 saturated heterocycles. The Morgan fingerprint density at radius 1 is 1.30 bits per heavy atom. The van der Waals surface area contributed by atoms with Gasteiger partial charge in [-0.3, -0.25) is 4.79 Å². The van der Waals surface area contributed by atoms with Gasteiger partial charge in [0.1, 0.15) is 6.26 Å². The van der Waals surface area contributed by atoms with Crippen LogP contribution in [-0.2, 0) is 11.2 Å². The normalized spacial score (nSPS) is 20.8. The Balaban J connectivity index is 1.59. The number of hydrogen-bond acceptors (Lipinski definition) is 3. The predicted molar refractivity (Wildman–Crippen MR) is 89.8 cm³/mol. The number of hydrogen-bond donors (Lipinski definition) is 1. The van der Waals surface area contributed by atoms with Gasteiger partial charge >= 0.3 is 0 Å². The first-order valence-corrected chi connectivity index (χ1v) is 8.42. The molecule has 1 N–H and O–H groups in total. The first-order valence-electron chi connectivity index (χ1n) is 8.42. The zero-order chi connectivity index (χ0) is 16.2. The van der Waals surface area contributed by atoms with E-state index in [9.17, 15) is 4.79 Å². The third-order valence-electron chi connectivity index (χ3n) is 4.69. The molecule has 0 radical (unpaired) electrons. The number of benzene rings is 1. The minimum atomic E-state index is 0.0375. The second kappa shape index (κ2) is 6.99. The van der Waals surface area contributed by atoms with Gasteiger partial charge < -0.3 is 9.73 Å². The first-order chi connectivity index (χ1) is 11.1. The molecule has 1 aliphatic rings. The van der Waals surface area contributed by atoms with E-state index in [2.05, 4.69) is 24.1 Å². The molecule has 1 fully saturated rings. The van der Waals surface area contributed by atoms with E-state index >= 15 is 0 Å². The fourth-order valence-corrected chi connectivity index (χ4v) is 3.49. The van der Waals surface area contributed by atoms with Crippen molar-refractivity contribution in [3.8, 4) is 11.5 Å². The number of aromatic nitrogens is 1. The van der Waals surface area contributed by atoms with Crippen LogP contribution in [0.1, 0.15) is 38.8 Å². The van der Waals surface area contributed by atoms with Crippen LogP contribution in [-0.4, -0.2) is 16.9 Å². The highest BCUT2D eigenvalue weighted by Gasteiger charge is 2.30. The summed E-state index contributed by atoms with van der Waals surface area (Å²) >= 11 is 0. The highest BCUT2D eigenvalue weighted by atomic mass is 16.3. The van der Waals surface area contributed by atoms with Gasteiger partial charge in [-0.25, -0.2) is 4.98 Å². The lowest BCUT2D eigenvalue weighted by molar-refractivity contribution is -0.121. The Kier molecular flexibility index (Phi) is 4.79. The largest absolute Gasteiger partial charge is 0.444 e. The number of amides is 1. The second-order valence-corrected chi connectivity index (χ2v) is 6.70. The molecule has 0 bridgehead atoms. The van der Waals surface area contributed by atoms with Crippen LogP contribution in [0.3, 0.4) is 0 Å². The Morgan fingerprint density at radius 2 is 2.09 bits per heavy atom. The summed E-state index contributed by atoms with van der Waals surface area (Å²) in [5, 5.41) is 3.19. The molecule has 2 aromatic rings. The third kappa shape index (κ3) is 3.81. The first kappa shape index (κ1) is 15.8. The van der Waals surface area contributed by atoms with Gasteiger partial charge in [-0.05, 0) is 36.8 Å². The van der Waals surface area contributed by atoms with Crippen LogP contribution in [0.5, 0.6) is 0 Å². The minimum Gasteiger partial charge on any atom is -0.444 e. The van der Waals surface area contributed by atoms with Crippen molar-refractivity contribution in [3.05, 3.63) is 42.3 Å². The van der Waals surface area contributed by atoms with E-state index in [4.69, 9.17) is 4.42 Å². The van der Waals surface area contributed by atoms with Crippen LogP contribution in [0.15, 0.2) is 41.0 Å². The lowest BCUT2D eigenvalue weighted by atomic mass is 9.91. The molecular weight excluding hydrogens is 288 g/mol. The van der Waals surface area contributed by atoms with E-state index in [1.807, 2.05) is 30.3 Å². The molecule has 0 spiro atoms. The minimum absolute atomic E-state index is 0.0375. The topological polar surface area (TPSA) is 55.1 Å². The Morgan fingerprint density at radius 3 is 2.83 bits per heavy atom. The van der Waals surface area contributed by atoms with Crippen molar-refractivity contribution in [1.82, 2.24) is 10.3 Å². The van der Waals surface area contributed by atoms with E-state index < -0.39 is 0 Å². The van der Waals surface area contributed by atoms with Gasteiger partial charge in [0.2, 0.25) is 11.8 Å². The van der Waals surface area contributed by atoms with Gasteiger partial charge in [-0.15, -0.1) is 0 Å². The van der Waals surface area contributed by atoms with Crippen molar-refractivity contribution in [2.24, 2.45) is 11.8 Å². The lowest BCUT2D eigenvalue weighted by Gasteiger charge is -2.24. The van der Waals surface area contributed by atoms with Crippen LogP contribution in [0.2, 0.25) is 0 Å². The van der Waals surface area contributed by atoms with Gasteiger partial charge in [-0.2, -0.15) is 0 Å². The second-order valence-electron chi connectivity index (χ2n) is 6.70. The molecule has 122 valence electrons. The molecule has 1 aliphatic carbocycles. The van der Waals surface area contributed by atoms with Crippen molar-refractivity contribution >= 4 is 5.91 Å². The fraction of sp³-hybridized carbons (Fsp3) is 0.474. The number of carbonyl (C=O) groups is 1. The molecule has 3 rings (SSSR count). The zero-order valence-corrected chi connectivity index (χ0v) is 13.8. The zero-order valence-electron chi connectivity index (χ0n) is 13.8. The number of nitrogens with zero attached hydrogens (tertiary/aromatic N) is 1. The van der Waals surface area contributed by atoms with Gasteiger partial charge in [0.25, 0.3) is 0 Å². The molecule has 1 saturated carbocycles. The third-order valence-corrected chi connectivity index (χ3v) is 4.69. The molecule has 1 aromatic carbocycles. The molecule has 4 nitrogen and oxygen atoms in total. The van der Waals surface area contributed by atoms with E-state index in [0.29, 0.717) is 29.5 Å². The van der Waals surface area contributed by atoms with E-state index in [1.165, 1.54) is 12.8 Å². The molecule has 1 amide bonds. The summed E-state index contributed by atoms with van der Waals surface area (Å²) in [4.78, 5) is 16.7. The highest BCUT2D eigenvalue weighted by Crippen LogP contribution is 2.31. The SMILES string of the molecule is CC(C)C1CCCC1NC(=O)Cc1coc(-c2ccccc2)n1. The predicted octanol–water partition coefficient (Wildman–Crippen LogP) is 3.83. The van der Waals surface area contributed by atoms with Crippen molar-refractivity contribution in [2.75, 3.05) is 0 Å². The van der Waals surface area contributed by atoms with E-state index in [1.54, 1.807) is 6.26 Å². The van der Waals surface area contributed by atoms with Crippen molar-refractivity contribution in [3.63, 3.8) is 0 Å². The number of oxazole rings is 1. The number of carbonyl (C=O) groups excluding carboxylic acids is 1. The molecule has 4 heteroatoms. The summed E-state index contributed by atoms with van der Waals surface area (Å²) < 4.78 is 5.49. The molecule has 2 atom stereocenters. The summed E-state index contributed by atoms with van der Waals surface area (Å²) in [6, 6.07) is 10.0. The van der Waals surface area contributed by atoms with Crippen molar-refractivity contribution in [2.45, 2.75) is 45.6 Å². The molecule has 23 heavy (non-hydrogen) atoms. The van der Waals surface area contributed by atoms with Crippen LogP contribution >= 0.6 is 0 Å². The number of rotatable bonds is 5. The summed E-state index contributed by atoms with van der Waals surface area (Å²) in [7, 11) is 0. The monoisotopic (exact) mass is 312 g/mol. The van der Waals surface area contributed by atoms with Crippen molar-refractivity contribution in [1.29, 1.82) is 0 Å². The average Bonchev–Trinajstić information content (AvgIpc) is 3.17. The Labute approximate surface area is 137 Å². The lowest BCUT2D eigenvalue weighted by Crippen LogP contribution is -2.39.